The zero-order valence-corrected chi connectivity index (χ0v) is 11.9. The summed E-state index contributed by atoms with van der Waals surface area (Å²) in [6, 6.07) is 11.4. The molecule has 0 aliphatic heterocycles. The second-order valence-corrected chi connectivity index (χ2v) is 5.56. The fourth-order valence-corrected chi connectivity index (χ4v) is 2.80. The molecule has 0 radical (unpaired) electrons. The van der Waals surface area contributed by atoms with E-state index in [0.29, 0.717) is 0 Å². The average molecular weight is 251 g/mol. The number of rotatable bonds is 9. The highest BCUT2D eigenvalue weighted by molar-refractivity contribution is 7.99. The van der Waals surface area contributed by atoms with Gasteiger partial charge in [-0.25, -0.2) is 0 Å². The van der Waals surface area contributed by atoms with Crippen LogP contribution < -0.4 is 5.32 Å². The quantitative estimate of drug-likeness (QED) is 0.517. The Morgan fingerprint density at radius 3 is 2.29 bits per heavy atom. The summed E-state index contributed by atoms with van der Waals surface area (Å²) in [6.07, 6.45) is 5.18. The van der Waals surface area contributed by atoms with Gasteiger partial charge in [-0.15, -0.1) is 11.8 Å². The zero-order valence-electron chi connectivity index (χ0n) is 11.1. The minimum absolute atomic E-state index is 0.723. The molecule has 0 aliphatic rings. The van der Waals surface area contributed by atoms with Gasteiger partial charge in [0.15, 0.2) is 0 Å². The lowest BCUT2D eigenvalue weighted by atomic mass is 10.1. The first kappa shape index (κ1) is 14.6. The monoisotopic (exact) mass is 251 g/mol. The first-order valence-corrected chi connectivity index (χ1v) is 7.76. The van der Waals surface area contributed by atoms with Crippen molar-refractivity contribution in [2.75, 3.05) is 12.3 Å². The average Bonchev–Trinajstić information content (AvgIpc) is 2.36. The molecule has 0 heterocycles. The van der Waals surface area contributed by atoms with E-state index in [0.717, 1.165) is 18.3 Å². The van der Waals surface area contributed by atoms with Gasteiger partial charge in [0, 0.05) is 23.2 Å². The molecule has 0 aromatic heterocycles. The highest BCUT2D eigenvalue weighted by Gasteiger charge is 2.04. The summed E-state index contributed by atoms with van der Waals surface area (Å²) in [5, 5.41) is 3.67. The van der Waals surface area contributed by atoms with E-state index in [1.807, 2.05) is 11.8 Å². The van der Waals surface area contributed by atoms with Crippen molar-refractivity contribution in [3.05, 3.63) is 30.3 Å². The van der Waals surface area contributed by atoms with Gasteiger partial charge in [-0.05, 0) is 25.0 Å². The lowest BCUT2D eigenvalue weighted by Gasteiger charge is -2.17. The van der Waals surface area contributed by atoms with Crippen LogP contribution in [-0.2, 0) is 0 Å². The Labute approximate surface area is 110 Å². The Balaban J connectivity index is 2.13. The second kappa shape index (κ2) is 9.55. The third-order valence-electron chi connectivity index (χ3n) is 2.82. The summed E-state index contributed by atoms with van der Waals surface area (Å²) < 4.78 is 0. The maximum atomic E-state index is 3.67. The van der Waals surface area contributed by atoms with E-state index < -0.39 is 0 Å². The molecule has 0 fully saturated rings. The molecule has 0 spiro atoms. The second-order valence-electron chi connectivity index (χ2n) is 4.39. The van der Waals surface area contributed by atoms with Crippen LogP contribution in [0.3, 0.4) is 0 Å². The summed E-state index contributed by atoms with van der Waals surface area (Å²) in [5.74, 6) is 1.16. The fourth-order valence-electron chi connectivity index (χ4n) is 1.99. The Morgan fingerprint density at radius 2 is 1.71 bits per heavy atom. The van der Waals surface area contributed by atoms with Crippen LogP contribution in [0.15, 0.2) is 35.2 Å². The highest BCUT2D eigenvalue weighted by atomic mass is 32.2. The molecule has 1 aromatic carbocycles. The van der Waals surface area contributed by atoms with E-state index in [4.69, 9.17) is 0 Å². The van der Waals surface area contributed by atoms with Gasteiger partial charge in [-0.3, -0.25) is 0 Å². The van der Waals surface area contributed by atoms with E-state index >= 15 is 0 Å². The van der Waals surface area contributed by atoms with Gasteiger partial charge in [0.1, 0.15) is 0 Å². The van der Waals surface area contributed by atoms with Crippen molar-refractivity contribution < 1.29 is 0 Å². The smallest absolute Gasteiger partial charge is 0.0106 e. The summed E-state index contributed by atoms with van der Waals surface area (Å²) in [4.78, 5) is 1.37. The molecular formula is C15H25NS. The minimum atomic E-state index is 0.723. The third kappa shape index (κ3) is 6.75. The molecule has 96 valence electrons. The number of benzene rings is 1. The molecular weight excluding hydrogens is 226 g/mol. The van der Waals surface area contributed by atoms with Crippen molar-refractivity contribution >= 4 is 11.8 Å². The molecule has 0 unspecified atom stereocenters. The SMILES string of the molecule is CCCC(CCC)NCCSc1ccccc1. The number of hydrogen-bond donors (Lipinski definition) is 1. The summed E-state index contributed by atoms with van der Waals surface area (Å²) >= 11 is 1.94. The first-order valence-electron chi connectivity index (χ1n) is 6.78. The predicted octanol–water partition coefficient (Wildman–Crippen LogP) is 4.34. The molecule has 1 aromatic rings. The molecule has 0 saturated carbocycles. The molecule has 17 heavy (non-hydrogen) atoms. The van der Waals surface area contributed by atoms with Gasteiger partial charge >= 0.3 is 0 Å². The van der Waals surface area contributed by atoms with Crippen LogP contribution in [0.5, 0.6) is 0 Å². The van der Waals surface area contributed by atoms with Gasteiger partial charge in [0.05, 0.1) is 0 Å². The Hall–Kier alpha value is -0.470. The molecule has 0 saturated heterocycles. The minimum Gasteiger partial charge on any atom is -0.313 e. The molecule has 1 N–H and O–H groups in total. The van der Waals surface area contributed by atoms with E-state index in [9.17, 15) is 0 Å². The van der Waals surface area contributed by atoms with E-state index in [2.05, 4.69) is 49.5 Å². The van der Waals surface area contributed by atoms with Gasteiger partial charge in [-0.2, -0.15) is 0 Å². The number of nitrogens with one attached hydrogen (secondary N) is 1. The van der Waals surface area contributed by atoms with E-state index in [1.165, 1.54) is 30.6 Å². The maximum absolute atomic E-state index is 3.67. The lowest BCUT2D eigenvalue weighted by molar-refractivity contribution is 0.456. The van der Waals surface area contributed by atoms with Gasteiger partial charge < -0.3 is 5.32 Å². The van der Waals surface area contributed by atoms with E-state index in [1.54, 1.807) is 0 Å². The first-order chi connectivity index (χ1) is 8.36. The summed E-state index contributed by atoms with van der Waals surface area (Å²) in [7, 11) is 0. The molecule has 0 amide bonds. The van der Waals surface area contributed by atoms with Crippen molar-refractivity contribution in [3.8, 4) is 0 Å². The lowest BCUT2D eigenvalue weighted by Crippen LogP contribution is -2.30. The number of thioether (sulfide) groups is 1. The Kier molecular flexibility index (Phi) is 8.20. The van der Waals surface area contributed by atoms with Crippen molar-refractivity contribution in [1.82, 2.24) is 5.32 Å². The van der Waals surface area contributed by atoms with Gasteiger partial charge in [0.2, 0.25) is 0 Å². The number of hydrogen-bond acceptors (Lipinski definition) is 2. The molecule has 1 rings (SSSR count). The predicted molar refractivity (Wildman–Crippen MR) is 78.8 cm³/mol. The van der Waals surface area contributed by atoms with Gasteiger partial charge in [-0.1, -0.05) is 44.9 Å². The van der Waals surface area contributed by atoms with Crippen LogP contribution in [0.1, 0.15) is 39.5 Å². The van der Waals surface area contributed by atoms with Crippen LogP contribution in [-0.4, -0.2) is 18.3 Å². The standard InChI is InChI=1S/C15H25NS/c1-3-8-14(9-4-2)16-12-13-17-15-10-6-5-7-11-15/h5-7,10-11,14,16H,3-4,8-9,12-13H2,1-2H3. The topological polar surface area (TPSA) is 12.0 Å². The fraction of sp³-hybridized carbons (Fsp3) is 0.600. The summed E-state index contributed by atoms with van der Waals surface area (Å²) in [6.45, 7) is 5.65. The van der Waals surface area contributed by atoms with Crippen LogP contribution in [0.2, 0.25) is 0 Å². The molecule has 2 heteroatoms. The molecule has 1 nitrogen and oxygen atoms in total. The third-order valence-corrected chi connectivity index (χ3v) is 3.84. The van der Waals surface area contributed by atoms with Crippen molar-refractivity contribution in [3.63, 3.8) is 0 Å². The van der Waals surface area contributed by atoms with Crippen molar-refractivity contribution in [2.45, 2.75) is 50.5 Å². The van der Waals surface area contributed by atoms with E-state index in [-0.39, 0.29) is 0 Å². The van der Waals surface area contributed by atoms with Gasteiger partial charge in [0.25, 0.3) is 0 Å². The molecule has 0 atom stereocenters. The highest BCUT2D eigenvalue weighted by Crippen LogP contribution is 2.16. The summed E-state index contributed by atoms with van der Waals surface area (Å²) in [5.41, 5.74) is 0. The van der Waals surface area contributed by atoms with Crippen molar-refractivity contribution in [1.29, 1.82) is 0 Å². The largest absolute Gasteiger partial charge is 0.313 e. The van der Waals surface area contributed by atoms with Crippen LogP contribution in [0, 0.1) is 0 Å². The van der Waals surface area contributed by atoms with Crippen LogP contribution >= 0.6 is 11.8 Å². The van der Waals surface area contributed by atoms with Crippen LogP contribution in [0.4, 0.5) is 0 Å². The van der Waals surface area contributed by atoms with Crippen LogP contribution in [0.25, 0.3) is 0 Å². The Morgan fingerprint density at radius 1 is 1.06 bits per heavy atom. The molecule has 0 aliphatic carbocycles. The Bertz CT molecular complexity index is 268. The normalized spacial score (nSPS) is 11.0. The maximum Gasteiger partial charge on any atom is 0.0106 e. The molecule has 0 bridgehead atoms. The van der Waals surface area contributed by atoms with Crippen molar-refractivity contribution in [2.24, 2.45) is 0 Å². The zero-order chi connectivity index (χ0) is 12.3.